The van der Waals surface area contributed by atoms with Gasteiger partial charge in [0, 0.05) is 41.9 Å². The largest absolute Gasteiger partial charge is 0.478 e. The standard InChI is InChI=1S/C33H37N7O3/c1-20-29(7-8-30(37-20)43-12-10-21-9-11-39(2)16-21)40(33(41)24-14-35-32(36-15-24)23-4-5-23)17-22-3-6-25-26-18-42-19-27(26)31(34)38-28(25)13-22/h3,6-8,13-15,21,23H,4-5,9-12,16-19H2,1-2H3,(H2,34,38). The van der Waals surface area contributed by atoms with Crippen LogP contribution in [0.5, 0.6) is 5.88 Å². The van der Waals surface area contributed by atoms with Crippen molar-refractivity contribution in [2.24, 2.45) is 5.92 Å². The number of fused-ring (bicyclic) bond motifs is 3. The molecule has 0 bridgehead atoms. The van der Waals surface area contributed by atoms with Crippen LogP contribution in [-0.4, -0.2) is 57.5 Å². The van der Waals surface area contributed by atoms with Crippen LogP contribution >= 0.6 is 0 Å². The SMILES string of the molecule is Cc1nc(OCCC2CCN(C)C2)ccc1N(Cc1ccc2c3c(c(N)nc2c1)COC3)C(=O)c1cnc(C2CC2)nc1. The van der Waals surface area contributed by atoms with Crippen LogP contribution in [0.3, 0.4) is 0 Å². The Bertz CT molecular complexity index is 1670. The molecule has 10 heteroatoms. The minimum absolute atomic E-state index is 0.193. The summed E-state index contributed by atoms with van der Waals surface area (Å²) in [6.07, 6.45) is 7.70. The maximum Gasteiger partial charge on any atom is 0.261 e. The van der Waals surface area contributed by atoms with Crippen LogP contribution in [0.1, 0.15) is 70.2 Å². The third-order valence-electron chi connectivity index (χ3n) is 8.83. The Morgan fingerprint density at radius 1 is 1.09 bits per heavy atom. The zero-order chi connectivity index (χ0) is 29.5. The van der Waals surface area contributed by atoms with Crippen LogP contribution in [0.15, 0.2) is 42.7 Å². The Hall–Kier alpha value is -4.15. The molecule has 10 nitrogen and oxygen atoms in total. The molecule has 2 N–H and O–H groups in total. The second-order valence-electron chi connectivity index (χ2n) is 12.1. The van der Waals surface area contributed by atoms with Crippen LogP contribution in [0.25, 0.3) is 10.9 Å². The fourth-order valence-electron chi connectivity index (χ4n) is 6.21. The number of carbonyl (C=O) groups is 1. The summed E-state index contributed by atoms with van der Waals surface area (Å²) in [5.41, 5.74) is 11.9. The molecule has 5 heterocycles. The molecule has 1 aliphatic carbocycles. The van der Waals surface area contributed by atoms with Gasteiger partial charge in [0.15, 0.2) is 0 Å². The Morgan fingerprint density at radius 3 is 2.65 bits per heavy atom. The summed E-state index contributed by atoms with van der Waals surface area (Å²) in [6.45, 7) is 6.12. The smallest absolute Gasteiger partial charge is 0.261 e. The first-order valence-corrected chi connectivity index (χ1v) is 15.1. The van der Waals surface area contributed by atoms with Crippen LogP contribution < -0.4 is 15.4 Å². The molecule has 3 aromatic heterocycles. The molecule has 222 valence electrons. The molecule has 2 aliphatic heterocycles. The zero-order valence-corrected chi connectivity index (χ0v) is 24.8. The Balaban J connectivity index is 1.16. The van der Waals surface area contributed by atoms with Gasteiger partial charge in [-0.3, -0.25) is 4.79 Å². The van der Waals surface area contributed by atoms with E-state index in [1.165, 1.54) is 6.42 Å². The summed E-state index contributed by atoms with van der Waals surface area (Å²) >= 11 is 0. The van der Waals surface area contributed by atoms with Crippen LogP contribution in [0, 0.1) is 12.8 Å². The molecule has 2 fully saturated rings. The van der Waals surface area contributed by atoms with Crippen LogP contribution in [0.4, 0.5) is 11.5 Å². The number of hydrogen-bond donors (Lipinski definition) is 1. The van der Waals surface area contributed by atoms with Gasteiger partial charge in [0.2, 0.25) is 5.88 Å². The Morgan fingerprint density at radius 2 is 1.91 bits per heavy atom. The molecular formula is C33H37N7O3. The predicted octanol–water partition coefficient (Wildman–Crippen LogP) is 4.79. The highest BCUT2D eigenvalue weighted by Crippen LogP contribution is 2.38. The Labute approximate surface area is 251 Å². The molecule has 4 aromatic rings. The van der Waals surface area contributed by atoms with Crippen LogP contribution in [0.2, 0.25) is 0 Å². The van der Waals surface area contributed by atoms with Gasteiger partial charge >= 0.3 is 0 Å². The van der Waals surface area contributed by atoms with Crippen molar-refractivity contribution in [3.63, 3.8) is 0 Å². The van der Waals surface area contributed by atoms with E-state index >= 15 is 0 Å². The predicted molar refractivity (Wildman–Crippen MR) is 164 cm³/mol. The fourth-order valence-corrected chi connectivity index (χ4v) is 6.21. The van der Waals surface area contributed by atoms with Crippen molar-refractivity contribution < 1.29 is 14.3 Å². The Kier molecular flexibility index (Phi) is 7.40. The van der Waals surface area contributed by atoms with Crippen LogP contribution in [-0.2, 0) is 24.5 Å². The lowest BCUT2D eigenvalue weighted by molar-refractivity contribution is 0.0984. The van der Waals surface area contributed by atoms with E-state index in [1.807, 2.05) is 37.3 Å². The summed E-state index contributed by atoms with van der Waals surface area (Å²) in [4.78, 5) is 36.5. The number of aryl methyl sites for hydroxylation is 1. The van der Waals surface area contributed by atoms with E-state index in [2.05, 4.69) is 26.9 Å². The molecule has 0 radical (unpaired) electrons. The summed E-state index contributed by atoms with van der Waals surface area (Å²) < 4.78 is 11.7. The first kappa shape index (κ1) is 27.7. The van der Waals surface area contributed by atoms with Gasteiger partial charge in [-0.2, -0.15) is 0 Å². The highest BCUT2D eigenvalue weighted by atomic mass is 16.5. The van der Waals surface area contributed by atoms with Gasteiger partial charge in [0.25, 0.3) is 5.91 Å². The first-order chi connectivity index (χ1) is 20.9. The number of nitrogens with zero attached hydrogens (tertiary/aromatic N) is 6. The number of nitrogen functional groups attached to an aromatic ring is 1. The highest BCUT2D eigenvalue weighted by Gasteiger charge is 2.28. The number of likely N-dealkylation sites (tertiary alicyclic amines) is 1. The fraction of sp³-hybridized carbons (Fsp3) is 0.424. The van der Waals surface area contributed by atoms with E-state index in [0.29, 0.717) is 66.8 Å². The maximum atomic E-state index is 14.0. The molecule has 1 saturated heterocycles. The first-order valence-electron chi connectivity index (χ1n) is 15.1. The number of hydrogen-bond acceptors (Lipinski definition) is 9. The van der Waals surface area contributed by atoms with Gasteiger partial charge in [-0.25, -0.2) is 19.9 Å². The molecule has 1 unspecified atom stereocenters. The number of rotatable bonds is 9. The lowest BCUT2D eigenvalue weighted by Crippen LogP contribution is -2.31. The minimum atomic E-state index is -0.193. The number of ether oxygens (including phenoxy) is 2. The molecule has 0 spiro atoms. The topological polar surface area (TPSA) is 120 Å². The molecule has 1 amide bonds. The third-order valence-corrected chi connectivity index (χ3v) is 8.83. The summed E-state index contributed by atoms with van der Waals surface area (Å²) in [7, 11) is 2.16. The van der Waals surface area contributed by atoms with Crippen molar-refractivity contribution >= 4 is 28.3 Å². The summed E-state index contributed by atoms with van der Waals surface area (Å²) in [5.74, 6) is 2.75. The van der Waals surface area contributed by atoms with E-state index in [4.69, 9.17) is 20.2 Å². The van der Waals surface area contributed by atoms with E-state index < -0.39 is 0 Å². The average Bonchev–Trinajstić information content (AvgIpc) is 3.58. The summed E-state index contributed by atoms with van der Waals surface area (Å²) in [5, 5.41) is 1.02. The number of aromatic nitrogens is 4. The van der Waals surface area contributed by atoms with E-state index in [1.54, 1.807) is 17.3 Å². The number of carbonyl (C=O) groups excluding carboxylic acids is 1. The zero-order valence-electron chi connectivity index (χ0n) is 24.8. The van der Waals surface area contributed by atoms with Gasteiger partial charge in [-0.1, -0.05) is 12.1 Å². The van der Waals surface area contributed by atoms with Gasteiger partial charge < -0.3 is 25.0 Å². The second kappa shape index (κ2) is 11.5. The molecule has 1 saturated carbocycles. The lowest BCUT2D eigenvalue weighted by atomic mass is 10.0. The molecule has 1 aromatic carbocycles. The van der Waals surface area contributed by atoms with Crippen molar-refractivity contribution in [3.8, 4) is 5.88 Å². The molecule has 1 atom stereocenters. The second-order valence-corrected chi connectivity index (χ2v) is 12.1. The van der Waals surface area contributed by atoms with Crippen molar-refractivity contribution in [1.29, 1.82) is 0 Å². The minimum Gasteiger partial charge on any atom is -0.478 e. The van der Waals surface area contributed by atoms with E-state index in [9.17, 15) is 4.79 Å². The molecular weight excluding hydrogens is 542 g/mol. The normalized spacial score (nSPS) is 18.2. The maximum absolute atomic E-state index is 14.0. The highest BCUT2D eigenvalue weighted by molar-refractivity contribution is 6.06. The quantitative estimate of drug-likeness (QED) is 0.299. The van der Waals surface area contributed by atoms with Crippen molar-refractivity contribution in [2.45, 2.75) is 58.3 Å². The van der Waals surface area contributed by atoms with Gasteiger partial charge in [-0.15, -0.1) is 0 Å². The third kappa shape index (κ3) is 5.77. The van der Waals surface area contributed by atoms with Crippen molar-refractivity contribution in [3.05, 3.63) is 76.5 Å². The van der Waals surface area contributed by atoms with E-state index in [0.717, 1.165) is 65.8 Å². The number of nitrogens with two attached hydrogens (primary N) is 1. The van der Waals surface area contributed by atoms with Gasteiger partial charge in [-0.05, 0) is 75.4 Å². The summed E-state index contributed by atoms with van der Waals surface area (Å²) in [6, 6.07) is 9.84. The number of benzene rings is 1. The number of anilines is 2. The molecule has 7 rings (SSSR count). The average molecular weight is 580 g/mol. The van der Waals surface area contributed by atoms with Gasteiger partial charge in [0.1, 0.15) is 11.6 Å². The van der Waals surface area contributed by atoms with Crippen molar-refractivity contribution in [2.75, 3.05) is 37.4 Å². The van der Waals surface area contributed by atoms with Crippen molar-refractivity contribution in [1.82, 2.24) is 24.8 Å². The monoisotopic (exact) mass is 579 g/mol. The van der Waals surface area contributed by atoms with E-state index in [-0.39, 0.29) is 5.91 Å². The molecule has 3 aliphatic rings. The number of pyridine rings is 2. The number of amides is 1. The van der Waals surface area contributed by atoms with Gasteiger partial charge in [0.05, 0.1) is 48.8 Å². The molecule has 43 heavy (non-hydrogen) atoms. The lowest BCUT2D eigenvalue weighted by Gasteiger charge is -2.25.